The smallest absolute Gasteiger partial charge is 0.120 e. The van der Waals surface area contributed by atoms with Gasteiger partial charge in [0.15, 0.2) is 0 Å². The molecule has 0 aliphatic heterocycles. The Balaban J connectivity index is 2.20. The van der Waals surface area contributed by atoms with Crippen LogP contribution in [0.5, 0.6) is 0 Å². The van der Waals surface area contributed by atoms with Gasteiger partial charge in [0.2, 0.25) is 0 Å². The van der Waals surface area contributed by atoms with Crippen molar-refractivity contribution < 1.29 is 0 Å². The molecule has 1 rings (SSSR count). The Morgan fingerprint density at radius 3 is 2.58 bits per heavy atom. The Kier molecular flexibility index (Phi) is 3.69. The summed E-state index contributed by atoms with van der Waals surface area (Å²) in [6.07, 6.45) is 3.81. The molecular formula is C9H17Cl2N. The van der Waals surface area contributed by atoms with Crippen LogP contribution < -0.4 is 5.32 Å². The molecule has 12 heavy (non-hydrogen) atoms. The second-order valence-electron chi connectivity index (χ2n) is 4.40. The fourth-order valence-electron chi connectivity index (χ4n) is 1.87. The quantitative estimate of drug-likeness (QED) is 0.706. The van der Waals surface area contributed by atoms with Crippen molar-refractivity contribution >= 4 is 23.2 Å². The van der Waals surface area contributed by atoms with Gasteiger partial charge >= 0.3 is 0 Å². The molecule has 72 valence electrons. The van der Waals surface area contributed by atoms with Crippen molar-refractivity contribution in [3.05, 3.63) is 0 Å². The van der Waals surface area contributed by atoms with Crippen molar-refractivity contribution in [3.63, 3.8) is 0 Å². The maximum Gasteiger partial charge on any atom is 0.120 e. The van der Waals surface area contributed by atoms with Gasteiger partial charge in [0, 0.05) is 12.6 Å². The molecule has 0 aromatic rings. The number of hydrogen-bond donors (Lipinski definition) is 1. The van der Waals surface area contributed by atoms with Crippen molar-refractivity contribution in [1.29, 1.82) is 0 Å². The molecule has 1 nitrogen and oxygen atoms in total. The van der Waals surface area contributed by atoms with E-state index in [4.69, 9.17) is 23.2 Å². The van der Waals surface area contributed by atoms with E-state index in [1.54, 1.807) is 0 Å². The minimum Gasteiger partial charge on any atom is -0.311 e. The summed E-state index contributed by atoms with van der Waals surface area (Å²) in [7, 11) is 0. The van der Waals surface area contributed by atoms with Gasteiger partial charge in [-0.05, 0) is 24.7 Å². The van der Waals surface area contributed by atoms with Gasteiger partial charge in [0.25, 0.3) is 0 Å². The Morgan fingerprint density at radius 2 is 2.17 bits per heavy atom. The fraction of sp³-hybridized carbons (Fsp3) is 1.00. The summed E-state index contributed by atoms with van der Waals surface area (Å²) in [5, 5.41) is 3.37. The minimum atomic E-state index is -0.270. The largest absolute Gasteiger partial charge is 0.311 e. The zero-order valence-corrected chi connectivity index (χ0v) is 9.25. The first-order valence-electron chi connectivity index (χ1n) is 4.51. The van der Waals surface area contributed by atoms with Crippen molar-refractivity contribution in [2.24, 2.45) is 5.41 Å². The van der Waals surface area contributed by atoms with E-state index in [0.717, 1.165) is 0 Å². The van der Waals surface area contributed by atoms with Gasteiger partial charge in [-0.25, -0.2) is 0 Å². The summed E-state index contributed by atoms with van der Waals surface area (Å²) in [5.41, 5.74) is 0.506. The Labute approximate surface area is 84.8 Å². The lowest BCUT2D eigenvalue weighted by Crippen LogP contribution is -2.31. The molecular weight excluding hydrogens is 193 g/mol. The number of rotatable bonds is 3. The number of hydrogen-bond acceptors (Lipinski definition) is 1. The van der Waals surface area contributed by atoms with Gasteiger partial charge < -0.3 is 5.32 Å². The van der Waals surface area contributed by atoms with Crippen LogP contribution in [0.2, 0.25) is 0 Å². The van der Waals surface area contributed by atoms with Gasteiger partial charge in [-0.15, -0.1) is 23.2 Å². The normalized spacial score (nSPS) is 28.2. The lowest BCUT2D eigenvalue weighted by Gasteiger charge is -2.17. The molecule has 1 fully saturated rings. The van der Waals surface area contributed by atoms with Crippen LogP contribution in [-0.4, -0.2) is 17.4 Å². The summed E-state index contributed by atoms with van der Waals surface area (Å²) in [6, 6.07) is 0.625. The molecule has 1 atom stereocenters. The molecule has 1 unspecified atom stereocenters. The molecule has 0 aromatic heterocycles. The average Bonchev–Trinajstić information content (AvgIpc) is 2.26. The highest BCUT2D eigenvalue weighted by Crippen LogP contribution is 2.36. The van der Waals surface area contributed by atoms with Gasteiger partial charge in [-0.3, -0.25) is 0 Å². The maximum absolute atomic E-state index is 5.63. The van der Waals surface area contributed by atoms with Crippen LogP contribution in [0.15, 0.2) is 0 Å². The molecule has 1 aliphatic rings. The van der Waals surface area contributed by atoms with E-state index in [0.29, 0.717) is 18.0 Å². The summed E-state index contributed by atoms with van der Waals surface area (Å²) >= 11 is 11.3. The first-order chi connectivity index (χ1) is 5.49. The fourth-order valence-corrected chi connectivity index (χ4v) is 2.04. The second-order valence-corrected chi connectivity index (χ2v) is 5.68. The minimum absolute atomic E-state index is 0.270. The summed E-state index contributed by atoms with van der Waals surface area (Å²) < 4.78 is 0. The van der Waals surface area contributed by atoms with E-state index >= 15 is 0 Å². The highest BCUT2D eigenvalue weighted by Gasteiger charge is 2.30. The standard InChI is InChI=1S/C9H17Cl2N/c1-9(2)4-3-7(5-9)12-6-8(10)11/h7-8,12H,3-6H2,1-2H3. The van der Waals surface area contributed by atoms with Crippen LogP contribution in [-0.2, 0) is 0 Å². The third-order valence-corrected chi connectivity index (χ3v) is 2.84. The Morgan fingerprint density at radius 1 is 1.50 bits per heavy atom. The van der Waals surface area contributed by atoms with Crippen LogP contribution in [0, 0.1) is 5.41 Å². The molecule has 0 radical (unpaired) electrons. The Bertz CT molecular complexity index is 145. The summed E-state index contributed by atoms with van der Waals surface area (Å²) in [6.45, 7) is 5.34. The second kappa shape index (κ2) is 4.17. The Hall–Kier alpha value is 0.540. The predicted octanol–water partition coefficient (Wildman–Crippen LogP) is 2.96. The zero-order valence-electron chi connectivity index (χ0n) is 7.74. The third kappa shape index (κ3) is 3.51. The molecule has 0 spiro atoms. The highest BCUT2D eigenvalue weighted by molar-refractivity contribution is 6.44. The molecule has 0 heterocycles. The molecule has 0 aromatic carbocycles. The maximum atomic E-state index is 5.63. The van der Waals surface area contributed by atoms with Crippen molar-refractivity contribution in [3.8, 4) is 0 Å². The van der Waals surface area contributed by atoms with E-state index in [2.05, 4.69) is 19.2 Å². The first kappa shape index (κ1) is 10.6. The SMILES string of the molecule is CC1(C)CCC(NCC(Cl)Cl)C1. The average molecular weight is 210 g/mol. The molecule has 0 amide bonds. The zero-order chi connectivity index (χ0) is 9.19. The van der Waals surface area contributed by atoms with Crippen LogP contribution in [0.25, 0.3) is 0 Å². The van der Waals surface area contributed by atoms with Gasteiger partial charge in [-0.2, -0.15) is 0 Å². The van der Waals surface area contributed by atoms with Crippen molar-refractivity contribution in [2.45, 2.75) is 44.0 Å². The molecule has 1 N–H and O–H groups in total. The summed E-state index contributed by atoms with van der Waals surface area (Å²) in [4.78, 5) is -0.270. The molecule has 1 aliphatic carbocycles. The van der Waals surface area contributed by atoms with Crippen LogP contribution in [0.1, 0.15) is 33.1 Å². The monoisotopic (exact) mass is 209 g/mol. The van der Waals surface area contributed by atoms with E-state index < -0.39 is 0 Å². The number of nitrogens with one attached hydrogen (secondary N) is 1. The lowest BCUT2D eigenvalue weighted by atomic mass is 9.92. The first-order valence-corrected chi connectivity index (χ1v) is 5.38. The molecule has 0 bridgehead atoms. The lowest BCUT2D eigenvalue weighted by molar-refractivity contribution is 0.366. The van der Waals surface area contributed by atoms with E-state index in [1.165, 1.54) is 19.3 Å². The predicted molar refractivity (Wildman–Crippen MR) is 54.9 cm³/mol. The van der Waals surface area contributed by atoms with Crippen molar-refractivity contribution in [2.75, 3.05) is 6.54 Å². The van der Waals surface area contributed by atoms with Gasteiger partial charge in [-0.1, -0.05) is 13.8 Å². The molecule has 3 heteroatoms. The van der Waals surface area contributed by atoms with Crippen molar-refractivity contribution in [1.82, 2.24) is 5.32 Å². The van der Waals surface area contributed by atoms with E-state index in [9.17, 15) is 0 Å². The van der Waals surface area contributed by atoms with E-state index in [-0.39, 0.29) is 4.84 Å². The number of alkyl halides is 2. The van der Waals surface area contributed by atoms with E-state index in [1.807, 2.05) is 0 Å². The third-order valence-electron chi connectivity index (χ3n) is 2.53. The molecule has 0 saturated heterocycles. The molecule has 1 saturated carbocycles. The van der Waals surface area contributed by atoms with Crippen LogP contribution in [0.4, 0.5) is 0 Å². The highest BCUT2D eigenvalue weighted by atomic mass is 35.5. The number of halogens is 2. The van der Waals surface area contributed by atoms with Gasteiger partial charge in [0.1, 0.15) is 4.84 Å². The summed E-state index contributed by atoms with van der Waals surface area (Å²) in [5.74, 6) is 0. The van der Waals surface area contributed by atoms with Crippen LogP contribution >= 0.6 is 23.2 Å². The van der Waals surface area contributed by atoms with Crippen LogP contribution in [0.3, 0.4) is 0 Å². The topological polar surface area (TPSA) is 12.0 Å². The van der Waals surface area contributed by atoms with Gasteiger partial charge in [0.05, 0.1) is 0 Å².